The van der Waals surface area contributed by atoms with E-state index in [2.05, 4.69) is 10.0 Å². The fourth-order valence-electron chi connectivity index (χ4n) is 1.31. The van der Waals surface area contributed by atoms with Crippen LogP contribution in [0.2, 0.25) is 0 Å². The van der Waals surface area contributed by atoms with E-state index in [0.717, 1.165) is 0 Å². The van der Waals surface area contributed by atoms with Crippen molar-refractivity contribution >= 4 is 15.7 Å². The van der Waals surface area contributed by atoms with Crippen molar-refractivity contribution in [3.8, 4) is 0 Å². The monoisotopic (exact) mass is 294 g/mol. The summed E-state index contributed by atoms with van der Waals surface area (Å²) in [6.07, 6.45) is 0. The molecule has 1 aromatic rings. The maximum Gasteiger partial charge on any atom is 0.287 e. The van der Waals surface area contributed by atoms with Crippen molar-refractivity contribution in [2.45, 2.75) is 17.7 Å². The van der Waals surface area contributed by atoms with Gasteiger partial charge in [0.1, 0.15) is 6.61 Å². The summed E-state index contributed by atoms with van der Waals surface area (Å²) in [6.45, 7) is -0.0365. The molecular weight excluding hydrogens is 278 g/mol. The number of hydrogen-bond donors (Lipinski definition) is 3. The molecule has 0 fully saturated rings. The van der Waals surface area contributed by atoms with Gasteiger partial charge in [0.2, 0.25) is 10.0 Å². The van der Waals surface area contributed by atoms with Crippen molar-refractivity contribution in [1.82, 2.24) is 4.72 Å². The minimum absolute atomic E-state index is 0.0637. The Morgan fingerprint density at radius 1 is 1.26 bits per heavy atom. The maximum absolute atomic E-state index is 12.8. The molecule has 0 aliphatic rings. The summed E-state index contributed by atoms with van der Waals surface area (Å²) in [5, 5.41) is 10.8. The van der Waals surface area contributed by atoms with Crippen LogP contribution in [0.25, 0.3) is 0 Å². The van der Waals surface area contributed by atoms with E-state index >= 15 is 0 Å². The van der Waals surface area contributed by atoms with E-state index in [0.29, 0.717) is 5.69 Å². The topological polar surface area (TPSA) is 78.4 Å². The molecule has 0 saturated heterocycles. The van der Waals surface area contributed by atoms with Crippen LogP contribution >= 0.6 is 0 Å². The van der Waals surface area contributed by atoms with Gasteiger partial charge in [0.05, 0.1) is 11.4 Å². The molecule has 0 aromatic heterocycles. The lowest BCUT2D eigenvalue weighted by atomic mass is 10.3. The Labute approximate surface area is 110 Å². The van der Waals surface area contributed by atoms with Crippen LogP contribution in [0.15, 0.2) is 29.2 Å². The van der Waals surface area contributed by atoms with Gasteiger partial charge in [-0.15, -0.1) is 0 Å². The third-order valence-corrected chi connectivity index (χ3v) is 3.84. The van der Waals surface area contributed by atoms with Crippen molar-refractivity contribution in [2.75, 3.05) is 25.0 Å². The number of rotatable bonds is 7. The lowest BCUT2D eigenvalue weighted by Crippen LogP contribution is -2.31. The Balaban J connectivity index is 2.72. The smallest absolute Gasteiger partial charge is 0.287 e. The molecule has 0 radical (unpaired) electrons. The molecule has 0 unspecified atom stereocenters. The normalized spacial score (nSPS) is 12.4. The number of sulfonamides is 1. The van der Waals surface area contributed by atoms with Crippen LogP contribution < -0.4 is 10.0 Å². The third kappa shape index (κ3) is 4.73. The second-order valence-corrected chi connectivity index (χ2v) is 5.66. The number of nitrogens with one attached hydrogen (secondary N) is 2. The van der Waals surface area contributed by atoms with Crippen molar-refractivity contribution in [3.05, 3.63) is 24.3 Å². The van der Waals surface area contributed by atoms with Gasteiger partial charge in [0.25, 0.3) is 5.92 Å². The van der Waals surface area contributed by atoms with E-state index in [1.807, 2.05) is 0 Å². The number of anilines is 1. The van der Waals surface area contributed by atoms with Crippen LogP contribution in [0.5, 0.6) is 0 Å². The summed E-state index contributed by atoms with van der Waals surface area (Å²) < 4.78 is 51.1. The van der Waals surface area contributed by atoms with Crippen LogP contribution in [0.3, 0.4) is 0 Å². The summed E-state index contributed by atoms with van der Waals surface area (Å²) in [6, 6.07) is 5.41. The van der Waals surface area contributed by atoms with E-state index < -0.39 is 29.1 Å². The Morgan fingerprint density at radius 3 is 2.32 bits per heavy atom. The fraction of sp³-hybridized carbons (Fsp3) is 0.455. The van der Waals surface area contributed by atoms with Crippen LogP contribution in [0.4, 0.5) is 14.5 Å². The van der Waals surface area contributed by atoms with Gasteiger partial charge in [0, 0.05) is 12.2 Å². The van der Waals surface area contributed by atoms with E-state index in [4.69, 9.17) is 5.11 Å². The first-order valence-electron chi connectivity index (χ1n) is 5.63. The second kappa shape index (κ2) is 6.27. The molecule has 108 valence electrons. The fourth-order valence-corrected chi connectivity index (χ4v) is 2.35. The minimum Gasteiger partial charge on any atom is -0.390 e. The highest BCUT2D eigenvalue weighted by Gasteiger charge is 2.27. The van der Waals surface area contributed by atoms with Gasteiger partial charge in [-0.2, -0.15) is 0 Å². The van der Waals surface area contributed by atoms with Crippen molar-refractivity contribution in [3.63, 3.8) is 0 Å². The molecule has 0 heterocycles. The zero-order valence-electron chi connectivity index (χ0n) is 10.4. The van der Waals surface area contributed by atoms with Gasteiger partial charge in [-0.25, -0.2) is 21.9 Å². The first-order valence-corrected chi connectivity index (χ1v) is 7.11. The van der Waals surface area contributed by atoms with E-state index in [1.165, 1.54) is 24.3 Å². The molecule has 5 nitrogen and oxygen atoms in total. The van der Waals surface area contributed by atoms with Crippen molar-refractivity contribution in [2.24, 2.45) is 0 Å². The number of hydrogen-bond acceptors (Lipinski definition) is 4. The molecular formula is C11H16F2N2O3S. The van der Waals surface area contributed by atoms with Gasteiger partial charge in [-0.05, 0) is 24.3 Å². The van der Waals surface area contributed by atoms with E-state index in [-0.39, 0.29) is 11.4 Å². The molecule has 3 N–H and O–H groups in total. The lowest BCUT2D eigenvalue weighted by molar-refractivity contribution is -0.0372. The van der Waals surface area contributed by atoms with Gasteiger partial charge in [-0.3, -0.25) is 0 Å². The zero-order chi connectivity index (χ0) is 14.5. The van der Waals surface area contributed by atoms with Crippen LogP contribution in [-0.4, -0.2) is 39.1 Å². The summed E-state index contributed by atoms with van der Waals surface area (Å²) in [5.41, 5.74) is 0.351. The van der Waals surface area contributed by atoms with Crippen LogP contribution in [0.1, 0.15) is 6.92 Å². The predicted octanol–water partition coefficient (Wildman–Crippen LogP) is 1.02. The SMILES string of the molecule is CCNS(=O)(=O)c1ccc(NCC(F)(F)CO)cc1. The van der Waals surface area contributed by atoms with E-state index in [9.17, 15) is 17.2 Å². The molecule has 0 atom stereocenters. The second-order valence-electron chi connectivity index (χ2n) is 3.89. The van der Waals surface area contributed by atoms with Gasteiger partial charge < -0.3 is 10.4 Å². The largest absolute Gasteiger partial charge is 0.390 e. The number of aliphatic hydroxyl groups is 1. The highest BCUT2D eigenvalue weighted by atomic mass is 32.2. The summed E-state index contributed by atoms with van der Waals surface area (Å²) in [5.74, 6) is -3.21. The van der Waals surface area contributed by atoms with Gasteiger partial charge in [0.15, 0.2) is 0 Å². The molecule has 0 aliphatic heterocycles. The Kier molecular flexibility index (Phi) is 5.21. The maximum atomic E-state index is 12.8. The zero-order valence-corrected chi connectivity index (χ0v) is 11.2. The number of alkyl halides is 2. The number of halogens is 2. The quantitative estimate of drug-likeness (QED) is 0.702. The Morgan fingerprint density at radius 2 is 1.84 bits per heavy atom. The van der Waals surface area contributed by atoms with Crippen molar-refractivity contribution < 1.29 is 22.3 Å². The highest BCUT2D eigenvalue weighted by Crippen LogP contribution is 2.17. The molecule has 1 aromatic carbocycles. The predicted molar refractivity (Wildman–Crippen MR) is 67.8 cm³/mol. The number of aliphatic hydroxyl groups excluding tert-OH is 1. The van der Waals surface area contributed by atoms with Gasteiger partial charge in [-0.1, -0.05) is 6.92 Å². The molecule has 0 bridgehead atoms. The molecule has 0 saturated carbocycles. The molecule has 0 amide bonds. The van der Waals surface area contributed by atoms with Gasteiger partial charge >= 0.3 is 0 Å². The summed E-state index contributed by atoms with van der Waals surface area (Å²) in [7, 11) is -3.54. The number of benzene rings is 1. The molecule has 0 aliphatic carbocycles. The molecule has 19 heavy (non-hydrogen) atoms. The average Bonchev–Trinajstić information content (AvgIpc) is 2.37. The van der Waals surface area contributed by atoms with Crippen LogP contribution in [0, 0.1) is 0 Å². The standard InChI is InChI=1S/C11H16F2N2O3S/c1-2-15-19(17,18)10-5-3-9(4-6-10)14-7-11(12,13)8-16/h3-6,14-16H,2,7-8H2,1H3. The Bertz CT molecular complexity index is 503. The van der Waals surface area contributed by atoms with Crippen LogP contribution in [-0.2, 0) is 10.0 Å². The highest BCUT2D eigenvalue weighted by molar-refractivity contribution is 7.89. The summed E-state index contributed by atoms with van der Waals surface area (Å²) in [4.78, 5) is 0.0637. The average molecular weight is 294 g/mol. The molecule has 0 spiro atoms. The third-order valence-electron chi connectivity index (χ3n) is 2.28. The summed E-state index contributed by atoms with van der Waals surface area (Å²) >= 11 is 0. The lowest BCUT2D eigenvalue weighted by Gasteiger charge is -2.15. The molecule has 8 heteroatoms. The molecule has 1 rings (SSSR count). The first-order chi connectivity index (χ1) is 8.80. The minimum atomic E-state index is -3.54. The van der Waals surface area contributed by atoms with Crippen molar-refractivity contribution in [1.29, 1.82) is 0 Å². The van der Waals surface area contributed by atoms with E-state index in [1.54, 1.807) is 6.92 Å². The first kappa shape index (κ1) is 15.8. The Hall–Kier alpha value is -1.25.